The summed E-state index contributed by atoms with van der Waals surface area (Å²) < 4.78 is 52.5. The van der Waals surface area contributed by atoms with Crippen LogP contribution in [0.1, 0.15) is 131 Å². The number of aliphatic hydroxyl groups is 9. The van der Waals surface area contributed by atoms with Crippen LogP contribution in [-0.4, -0.2) is 248 Å². The number of aliphatic hydroxyl groups excluding tert-OH is 9. The van der Waals surface area contributed by atoms with Crippen molar-refractivity contribution in [1.29, 1.82) is 0 Å². The summed E-state index contributed by atoms with van der Waals surface area (Å²) in [4.78, 5) is 38.3. The number of nitrogens with one attached hydrogen (secondary N) is 4. The van der Waals surface area contributed by atoms with Gasteiger partial charge in [0.25, 0.3) is 0 Å². The van der Waals surface area contributed by atoms with Crippen LogP contribution in [0, 0.1) is 17.8 Å². The molecule has 0 aromatic carbocycles. The maximum absolute atomic E-state index is 12.8. The molecular weight excluding hydrogens is 1050 g/mol. The summed E-state index contributed by atoms with van der Waals surface area (Å²) in [5.74, 6) is -1.83. The second-order valence-corrected chi connectivity index (χ2v) is 22.1. The van der Waals surface area contributed by atoms with Crippen LogP contribution in [0.5, 0.6) is 0 Å². The molecule has 3 aliphatic rings. The van der Waals surface area contributed by atoms with Crippen LogP contribution in [0.2, 0.25) is 0 Å². The first-order valence-corrected chi connectivity index (χ1v) is 29.4. The van der Waals surface area contributed by atoms with E-state index >= 15 is 0 Å². The van der Waals surface area contributed by atoms with Gasteiger partial charge in [-0.05, 0) is 38.5 Å². The van der Waals surface area contributed by atoms with Gasteiger partial charge in [0.1, 0.15) is 36.6 Å². The Morgan fingerprint density at radius 2 is 0.700 bits per heavy atom. The van der Waals surface area contributed by atoms with E-state index in [-0.39, 0.29) is 82.7 Å². The Morgan fingerprint density at radius 3 is 0.963 bits per heavy atom. The van der Waals surface area contributed by atoms with Crippen molar-refractivity contribution < 1.29 is 103 Å². The van der Waals surface area contributed by atoms with Crippen LogP contribution in [0.3, 0.4) is 0 Å². The quantitative estimate of drug-likeness (QED) is 0.0334. The molecule has 25 heteroatoms. The standard InChI is InChI=1S/C55H104N4O21/c1-36(2)59-55(33-72-27-18-43(63)56-21-12-6-9-15-24-75-52-37(3)46(66)49(69)40(30-60)78-52,34-73-28-19-44(64)57-22-13-7-10-16-25-76-53-38(4)47(67)50(70)41(31-61)79-53)35-74-29-20-45(65)58-23-14-8-11-17-26-77-54-39(5)48(68)51(71)42(32-62)80-54/h36-42,46-54,59-62,66-71H,6-35H2,1-5H3,(H,56,63)(H,57,64)(H,58,65)/t37-,38-,39-,40?,41?,42?,46?,47?,48?,49-,50-,51-,52+,53+,54+,55?/m0/s1. The molecule has 15 atom stereocenters. The molecule has 0 aliphatic carbocycles. The SMILES string of the molecule is CC(C)NC(COCCC(=O)NCCCCCCO[C@@H]1OC(CO)[C@H](O)C(O)[C@@H]1C)(COCCC(=O)NCCCCCCO[C@@H]1OC(CO)[C@H](O)C(O)[C@@H]1C)COCCC(=O)NCCCCCCO[C@@H]1OC(CO)[C@H](O)C(O)[C@@H]1C. The van der Waals surface area contributed by atoms with Gasteiger partial charge in [-0.15, -0.1) is 0 Å². The summed E-state index contributed by atoms with van der Waals surface area (Å²) in [5, 5.41) is 102. The normalized spacial score (nSPS) is 29.8. The number of ether oxygens (including phenoxy) is 9. The molecule has 0 radical (unpaired) electrons. The molecule has 6 unspecified atom stereocenters. The van der Waals surface area contributed by atoms with Gasteiger partial charge in [0.15, 0.2) is 18.9 Å². The van der Waals surface area contributed by atoms with E-state index in [1.54, 1.807) is 20.8 Å². The molecule has 3 aliphatic heterocycles. The van der Waals surface area contributed by atoms with Crippen molar-refractivity contribution in [3.63, 3.8) is 0 Å². The molecule has 25 nitrogen and oxygen atoms in total. The predicted octanol–water partition coefficient (Wildman–Crippen LogP) is -0.752. The summed E-state index contributed by atoms with van der Waals surface area (Å²) in [6.45, 7) is 11.2. The van der Waals surface area contributed by atoms with Crippen molar-refractivity contribution in [3.8, 4) is 0 Å². The van der Waals surface area contributed by atoms with E-state index in [2.05, 4.69) is 21.3 Å². The second kappa shape index (κ2) is 40.8. The van der Waals surface area contributed by atoms with Crippen molar-refractivity contribution in [1.82, 2.24) is 21.3 Å². The molecule has 0 aromatic heterocycles. The first-order chi connectivity index (χ1) is 38.4. The van der Waals surface area contributed by atoms with E-state index < -0.39 is 117 Å². The highest BCUT2D eigenvalue weighted by Gasteiger charge is 2.44. The lowest BCUT2D eigenvalue weighted by Gasteiger charge is -2.40. The highest BCUT2D eigenvalue weighted by molar-refractivity contribution is 5.76. The lowest BCUT2D eigenvalue weighted by Crippen LogP contribution is -2.59. The molecule has 3 rings (SSSR count). The monoisotopic (exact) mass is 1160 g/mol. The molecule has 0 aromatic rings. The number of carbonyl (C=O) groups excluding carboxylic acids is 3. The van der Waals surface area contributed by atoms with E-state index in [9.17, 15) is 60.3 Å². The topological polar surface area (TPSA) is 364 Å². The van der Waals surface area contributed by atoms with Gasteiger partial charge < -0.3 is 110 Å². The number of unbranched alkanes of at least 4 members (excludes halogenated alkanes) is 9. The fourth-order valence-electron chi connectivity index (χ4n) is 9.68. The lowest BCUT2D eigenvalue weighted by atomic mass is 9.92. The molecular formula is C55H104N4O21. The zero-order chi connectivity index (χ0) is 58.9. The van der Waals surface area contributed by atoms with Crippen molar-refractivity contribution in [2.45, 2.75) is 216 Å². The van der Waals surface area contributed by atoms with Crippen LogP contribution < -0.4 is 21.3 Å². The average molecular weight is 1160 g/mol. The Morgan fingerprint density at radius 1 is 0.425 bits per heavy atom. The molecule has 3 saturated heterocycles. The highest BCUT2D eigenvalue weighted by Crippen LogP contribution is 2.29. The largest absolute Gasteiger partial charge is 0.394 e. The Bertz CT molecular complexity index is 1470. The fraction of sp³-hybridized carbons (Fsp3) is 0.945. The van der Waals surface area contributed by atoms with Gasteiger partial charge in [-0.25, -0.2) is 0 Å². The van der Waals surface area contributed by atoms with E-state index in [0.29, 0.717) is 39.5 Å². The fourth-order valence-corrected chi connectivity index (χ4v) is 9.68. The van der Waals surface area contributed by atoms with E-state index in [1.165, 1.54) is 0 Å². The van der Waals surface area contributed by atoms with Crippen LogP contribution in [-0.2, 0) is 57.0 Å². The number of hydrogen-bond donors (Lipinski definition) is 13. The van der Waals surface area contributed by atoms with Gasteiger partial charge in [-0.2, -0.15) is 0 Å². The van der Waals surface area contributed by atoms with Gasteiger partial charge in [0.2, 0.25) is 17.7 Å². The molecule has 3 fully saturated rings. The van der Waals surface area contributed by atoms with Gasteiger partial charge in [-0.1, -0.05) is 73.1 Å². The molecule has 3 amide bonds. The number of hydrogen-bond acceptors (Lipinski definition) is 22. The zero-order valence-corrected chi connectivity index (χ0v) is 48.4. The van der Waals surface area contributed by atoms with E-state index in [4.69, 9.17) is 42.6 Å². The van der Waals surface area contributed by atoms with Crippen molar-refractivity contribution in [3.05, 3.63) is 0 Å². The number of amides is 3. The number of carbonyl (C=O) groups is 3. The maximum Gasteiger partial charge on any atom is 0.222 e. The van der Waals surface area contributed by atoms with Crippen LogP contribution in [0.25, 0.3) is 0 Å². The van der Waals surface area contributed by atoms with E-state index in [1.807, 2.05) is 13.8 Å². The minimum atomic E-state index is -1.18. The Kier molecular flexibility index (Phi) is 36.7. The molecule has 3 heterocycles. The molecule has 0 spiro atoms. The lowest BCUT2D eigenvalue weighted by molar-refractivity contribution is -0.282. The average Bonchev–Trinajstić information content (AvgIpc) is 3.44. The van der Waals surface area contributed by atoms with Crippen LogP contribution >= 0.6 is 0 Å². The Hall–Kier alpha value is -2.35. The van der Waals surface area contributed by atoms with E-state index in [0.717, 1.165) is 77.0 Å². The van der Waals surface area contributed by atoms with Crippen LogP contribution in [0.15, 0.2) is 0 Å². The minimum Gasteiger partial charge on any atom is -0.394 e. The van der Waals surface area contributed by atoms with Gasteiger partial charge in [0.05, 0.1) is 83.3 Å². The van der Waals surface area contributed by atoms with Crippen molar-refractivity contribution >= 4 is 17.7 Å². The second-order valence-electron chi connectivity index (χ2n) is 22.1. The third kappa shape index (κ3) is 26.7. The van der Waals surface area contributed by atoms with Crippen molar-refractivity contribution in [2.24, 2.45) is 17.8 Å². The highest BCUT2D eigenvalue weighted by atomic mass is 16.7. The third-order valence-corrected chi connectivity index (χ3v) is 14.7. The first-order valence-electron chi connectivity index (χ1n) is 29.4. The summed E-state index contributed by atoms with van der Waals surface area (Å²) in [6, 6.07) is -0.0375. The van der Waals surface area contributed by atoms with Crippen LogP contribution in [0.4, 0.5) is 0 Å². The third-order valence-electron chi connectivity index (χ3n) is 14.7. The molecule has 80 heavy (non-hydrogen) atoms. The molecule has 0 bridgehead atoms. The summed E-state index contributed by atoms with van der Waals surface area (Å²) in [6.07, 6.45) is -1.67. The smallest absolute Gasteiger partial charge is 0.222 e. The maximum atomic E-state index is 12.8. The first kappa shape index (κ1) is 71.9. The Balaban J connectivity index is 1.37. The summed E-state index contributed by atoms with van der Waals surface area (Å²) in [5.41, 5.74) is -0.886. The Labute approximate surface area is 473 Å². The molecule has 470 valence electrons. The van der Waals surface area contributed by atoms with Gasteiger partial charge in [-0.3, -0.25) is 14.4 Å². The zero-order valence-electron chi connectivity index (χ0n) is 48.4. The summed E-state index contributed by atoms with van der Waals surface area (Å²) in [7, 11) is 0. The van der Waals surface area contributed by atoms with Gasteiger partial charge in [0, 0.05) is 82.5 Å². The van der Waals surface area contributed by atoms with Crippen molar-refractivity contribution in [2.75, 3.05) is 98.9 Å². The molecule has 13 N–H and O–H groups in total. The number of rotatable bonds is 44. The summed E-state index contributed by atoms with van der Waals surface area (Å²) >= 11 is 0. The van der Waals surface area contributed by atoms with Gasteiger partial charge >= 0.3 is 0 Å². The minimum absolute atomic E-state index is 0.0375. The predicted molar refractivity (Wildman–Crippen MR) is 290 cm³/mol. The molecule has 0 saturated carbocycles.